The Labute approximate surface area is 80.6 Å². The van der Waals surface area contributed by atoms with E-state index in [0.717, 1.165) is 12.3 Å². The molecule has 2 heteroatoms. The van der Waals surface area contributed by atoms with E-state index in [1.165, 1.54) is 25.7 Å². The highest BCUT2D eigenvalue weighted by Gasteiger charge is 2.21. The van der Waals surface area contributed by atoms with Crippen molar-refractivity contribution in [2.45, 2.75) is 39.0 Å². The van der Waals surface area contributed by atoms with Crippen molar-refractivity contribution in [3.8, 4) is 6.07 Å². The van der Waals surface area contributed by atoms with Crippen LogP contribution in [0.4, 0.5) is 0 Å². The van der Waals surface area contributed by atoms with Crippen LogP contribution >= 0.6 is 0 Å². The average Bonchev–Trinajstić information content (AvgIpc) is 2.17. The number of rotatable bonds is 3. The number of aliphatic hydroxyl groups excluding tert-OH is 1. The summed E-state index contributed by atoms with van der Waals surface area (Å²) in [6.07, 6.45) is 6.00. The Balaban J connectivity index is 2.26. The van der Waals surface area contributed by atoms with Gasteiger partial charge in [0.2, 0.25) is 0 Å². The van der Waals surface area contributed by atoms with Gasteiger partial charge in [-0.2, -0.15) is 5.26 Å². The minimum absolute atomic E-state index is 0.0303. The van der Waals surface area contributed by atoms with E-state index in [2.05, 4.69) is 13.0 Å². The van der Waals surface area contributed by atoms with Crippen LogP contribution in [0.1, 0.15) is 39.0 Å². The summed E-state index contributed by atoms with van der Waals surface area (Å²) in [7, 11) is 0. The minimum atomic E-state index is -0.126. The van der Waals surface area contributed by atoms with Crippen LogP contribution in [0, 0.1) is 29.1 Å². The topological polar surface area (TPSA) is 44.0 Å². The predicted molar refractivity (Wildman–Crippen MR) is 51.9 cm³/mol. The molecule has 74 valence electrons. The van der Waals surface area contributed by atoms with E-state index in [4.69, 9.17) is 10.4 Å². The second-order valence-corrected chi connectivity index (χ2v) is 4.37. The molecular weight excluding hydrogens is 162 g/mol. The quantitative estimate of drug-likeness (QED) is 0.726. The van der Waals surface area contributed by atoms with Crippen molar-refractivity contribution in [3.05, 3.63) is 0 Å². The van der Waals surface area contributed by atoms with Crippen molar-refractivity contribution in [1.29, 1.82) is 5.26 Å². The van der Waals surface area contributed by atoms with Crippen molar-refractivity contribution in [2.75, 3.05) is 6.61 Å². The fourth-order valence-electron chi connectivity index (χ4n) is 2.14. The number of aliphatic hydroxyl groups is 1. The van der Waals surface area contributed by atoms with E-state index in [0.29, 0.717) is 5.92 Å². The summed E-state index contributed by atoms with van der Waals surface area (Å²) in [5.41, 5.74) is 0. The maximum absolute atomic E-state index is 8.89. The lowest BCUT2D eigenvalue weighted by molar-refractivity contribution is 0.203. The summed E-state index contributed by atoms with van der Waals surface area (Å²) >= 11 is 0. The Hall–Kier alpha value is -0.550. The van der Waals surface area contributed by atoms with Crippen LogP contribution < -0.4 is 0 Å². The van der Waals surface area contributed by atoms with E-state index in [1.54, 1.807) is 0 Å². The van der Waals surface area contributed by atoms with Gasteiger partial charge in [-0.1, -0.05) is 32.6 Å². The zero-order valence-electron chi connectivity index (χ0n) is 8.37. The first-order chi connectivity index (χ1) is 6.26. The van der Waals surface area contributed by atoms with Crippen molar-refractivity contribution in [2.24, 2.45) is 17.8 Å². The lowest BCUT2D eigenvalue weighted by atomic mass is 9.79. The van der Waals surface area contributed by atoms with Crippen LogP contribution in [0.15, 0.2) is 0 Å². The SMILES string of the molecule is CC1CCC(CC(C#N)CO)CC1. The molecule has 0 aromatic heterocycles. The first-order valence-corrected chi connectivity index (χ1v) is 5.26. The van der Waals surface area contributed by atoms with Crippen LogP contribution in [-0.4, -0.2) is 11.7 Å². The Morgan fingerprint density at radius 2 is 2.00 bits per heavy atom. The maximum atomic E-state index is 8.89. The summed E-state index contributed by atoms with van der Waals surface area (Å²) in [5.74, 6) is 1.43. The lowest BCUT2D eigenvalue weighted by Crippen LogP contribution is -2.16. The highest BCUT2D eigenvalue weighted by molar-refractivity contribution is 4.85. The van der Waals surface area contributed by atoms with Gasteiger partial charge in [0.05, 0.1) is 18.6 Å². The van der Waals surface area contributed by atoms with E-state index in [9.17, 15) is 0 Å². The predicted octanol–water partition coefficient (Wildman–Crippen LogP) is 2.33. The highest BCUT2D eigenvalue weighted by Crippen LogP contribution is 2.32. The lowest BCUT2D eigenvalue weighted by Gasteiger charge is -2.26. The molecule has 1 atom stereocenters. The van der Waals surface area contributed by atoms with Gasteiger partial charge in [0.25, 0.3) is 0 Å². The second-order valence-electron chi connectivity index (χ2n) is 4.37. The molecule has 0 aliphatic heterocycles. The fraction of sp³-hybridized carbons (Fsp3) is 0.909. The summed E-state index contributed by atoms with van der Waals surface area (Å²) in [6, 6.07) is 2.16. The molecule has 0 spiro atoms. The molecule has 0 bridgehead atoms. The van der Waals surface area contributed by atoms with Gasteiger partial charge >= 0.3 is 0 Å². The average molecular weight is 181 g/mol. The molecule has 1 saturated carbocycles. The maximum Gasteiger partial charge on any atom is 0.0697 e. The largest absolute Gasteiger partial charge is 0.395 e. The van der Waals surface area contributed by atoms with Crippen molar-refractivity contribution < 1.29 is 5.11 Å². The molecule has 0 saturated heterocycles. The summed E-state index contributed by atoms with van der Waals surface area (Å²) < 4.78 is 0. The summed E-state index contributed by atoms with van der Waals surface area (Å²) in [6.45, 7) is 2.33. The van der Waals surface area contributed by atoms with E-state index < -0.39 is 0 Å². The summed E-state index contributed by atoms with van der Waals surface area (Å²) in [5, 5.41) is 17.6. The third-order valence-corrected chi connectivity index (χ3v) is 3.16. The van der Waals surface area contributed by atoms with E-state index in [-0.39, 0.29) is 12.5 Å². The van der Waals surface area contributed by atoms with Crippen LogP contribution in [0.3, 0.4) is 0 Å². The van der Waals surface area contributed by atoms with Gasteiger partial charge < -0.3 is 5.11 Å². The highest BCUT2D eigenvalue weighted by atomic mass is 16.3. The van der Waals surface area contributed by atoms with Crippen LogP contribution in [0.5, 0.6) is 0 Å². The smallest absolute Gasteiger partial charge is 0.0697 e. The molecule has 13 heavy (non-hydrogen) atoms. The zero-order valence-corrected chi connectivity index (χ0v) is 8.37. The Morgan fingerprint density at radius 3 is 2.46 bits per heavy atom. The molecule has 0 radical (unpaired) electrons. The molecule has 1 aliphatic rings. The standard InChI is InChI=1S/C11H19NO/c1-9-2-4-10(5-3-9)6-11(7-12)8-13/h9-11,13H,2-6,8H2,1H3. The normalized spacial score (nSPS) is 30.8. The van der Waals surface area contributed by atoms with Crippen molar-refractivity contribution in [1.82, 2.24) is 0 Å². The molecule has 1 N–H and O–H groups in total. The van der Waals surface area contributed by atoms with Crippen molar-refractivity contribution >= 4 is 0 Å². The van der Waals surface area contributed by atoms with Gasteiger partial charge in [-0.15, -0.1) is 0 Å². The Morgan fingerprint density at radius 1 is 1.38 bits per heavy atom. The molecule has 1 unspecified atom stereocenters. The van der Waals surface area contributed by atoms with E-state index in [1.807, 2.05) is 0 Å². The van der Waals surface area contributed by atoms with Gasteiger partial charge in [-0.05, 0) is 18.3 Å². The number of hydrogen-bond donors (Lipinski definition) is 1. The zero-order chi connectivity index (χ0) is 9.68. The van der Waals surface area contributed by atoms with Crippen molar-refractivity contribution in [3.63, 3.8) is 0 Å². The molecule has 0 aromatic rings. The van der Waals surface area contributed by atoms with Crippen LogP contribution in [0.25, 0.3) is 0 Å². The molecular formula is C11H19NO. The fourth-order valence-corrected chi connectivity index (χ4v) is 2.14. The third kappa shape index (κ3) is 3.36. The molecule has 1 fully saturated rings. The molecule has 1 aliphatic carbocycles. The molecule has 2 nitrogen and oxygen atoms in total. The van der Waals surface area contributed by atoms with Gasteiger partial charge in [0, 0.05) is 0 Å². The van der Waals surface area contributed by atoms with Crippen LogP contribution in [0.2, 0.25) is 0 Å². The number of nitriles is 1. The monoisotopic (exact) mass is 181 g/mol. The molecule has 0 aromatic carbocycles. The number of hydrogen-bond acceptors (Lipinski definition) is 2. The van der Waals surface area contributed by atoms with Gasteiger partial charge in [-0.25, -0.2) is 0 Å². The van der Waals surface area contributed by atoms with Crippen LogP contribution in [-0.2, 0) is 0 Å². The second kappa shape index (κ2) is 5.24. The molecule has 1 rings (SSSR count). The van der Waals surface area contributed by atoms with Gasteiger partial charge in [-0.3, -0.25) is 0 Å². The van der Waals surface area contributed by atoms with Gasteiger partial charge in [0.1, 0.15) is 0 Å². The van der Waals surface area contributed by atoms with E-state index >= 15 is 0 Å². The molecule has 0 amide bonds. The first-order valence-electron chi connectivity index (χ1n) is 5.26. The number of nitrogens with zero attached hydrogens (tertiary/aromatic N) is 1. The molecule has 0 heterocycles. The Bertz CT molecular complexity index is 177. The summed E-state index contributed by atoms with van der Waals surface area (Å²) in [4.78, 5) is 0. The van der Waals surface area contributed by atoms with Gasteiger partial charge in [0.15, 0.2) is 0 Å². The minimum Gasteiger partial charge on any atom is -0.395 e. The Kier molecular flexibility index (Phi) is 4.24. The first kappa shape index (κ1) is 10.5. The third-order valence-electron chi connectivity index (χ3n) is 3.16.